The van der Waals surface area contributed by atoms with E-state index in [0.29, 0.717) is 5.69 Å². The summed E-state index contributed by atoms with van der Waals surface area (Å²) in [7, 11) is -1.89. The molecule has 1 aromatic heterocycles. The van der Waals surface area contributed by atoms with Crippen molar-refractivity contribution >= 4 is 15.7 Å². The minimum atomic E-state index is -3.67. The van der Waals surface area contributed by atoms with Crippen molar-refractivity contribution in [3.05, 3.63) is 65.9 Å². The number of nitrogens with zero attached hydrogens (tertiary/aromatic N) is 2. The maximum Gasteiger partial charge on any atom is 0.262 e. The summed E-state index contributed by atoms with van der Waals surface area (Å²) in [5.74, 6) is 0. The molecule has 6 heteroatoms. The fraction of sp³-hybridized carbons (Fsp3) is 0.167. The first-order chi connectivity index (χ1) is 11.4. The Morgan fingerprint density at radius 2 is 1.71 bits per heavy atom. The van der Waals surface area contributed by atoms with Crippen LogP contribution in [0.4, 0.5) is 5.69 Å². The maximum absolute atomic E-state index is 12.7. The molecule has 0 aliphatic carbocycles. The van der Waals surface area contributed by atoms with Crippen molar-refractivity contribution in [1.29, 1.82) is 0 Å². The van der Waals surface area contributed by atoms with Gasteiger partial charge in [-0.15, -0.1) is 0 Å². The predicted octanol–water partition coefficient (Wildman–Crippen LogP) is 3.50. The number of benzene rings is 2. The van der Waals surface area contributed by atoms with Gasteiger partial charge >= 0.3 is 0 Å². The number of anilines is 1. The van der Waals surface area contributed by atoms with Gasteiger partial charge in [0.2, 0.25) is 0 Å². The Balaban J connectivity index is 2.01. The Hall–Kier alpha value is -2.60. The molecule has 0 amide bonds. The number of aromatic nitrogens is 2. The number of nitrogens with one attached hydrogen (secondary N) is 1. The third kappa shape index (κ3) is 3.05. The second-order valence-electron chi connectivity index (χ2n) is 5.75. The van der Waals surface area contributed by atoms with Crippen LogP contribution in [0.1, 0.15) is 11.1 Å². The lowest BCUT2D eigenvalue weighted by atomic mass is 10.1. The van der Waals surface area contributed by atoms with Crippen molar-refractivity contribution in [3.8, 4) is 11.3 Å². The molecule has 0 saturated carbocycles. The second-order valence-corrected chi connectivity index (χ2v) is 7.43. The zero-order valence-electron chi connectivity index (χ0n) is 13.8. The van der Waals surface area contributed by atoms with Crippen LogP contribution < -0.4 is 4.72 Å². The van der Waals surface area contributed by atoms with Crippen molar-refractivity contribution in [2.75, 3.05) is 4.72 Å². The lowest BCUT2D eigenvalue weighted by Crippen LogP contribution is -2.13. The SMILES string of the molecule is Cc1ccc(S(=O)(=O)Nc2cnn(C)c2-c2ccccc2)cc1C. The van der Waals surface area contributed by atoms with E-state index in [1.54, 1.807) is 23.9 Å². The van der Waals surface area contributed by atoms with Crippen LogP contribution in [0.15, 0.2) is 59.6 Å². The lowest BCUT2D eigenvalue weighted by molar-refractivity contribution is 0.601. The molecule has 124 valence electrons. The molecular formula is C18H19N3O2S. The van der Waals surface area contributed by atoms with Gasteiger partial charge in [-0.1, -0.05) is 36.4 Å². The molecule has 0 atom stereocenters. The second kappa shape index (κ2) is 6.13. The highest BCUT2D eigenvalue weighted by Gasteiger charge is 2.19. The third-order valence-electron chi connectivity index (χ3n) is 4.02. The summed E-state index contributed by atoms with van der Waals surface area (Å²) in [6, 6.07) is 14.7. The first kappa shape index (κ1) is 16.3. The maximum atomic E-state index is 12.7. The topological polar surface area (TPSA) is 64.0 Å². The van der Waals surface area contributed by atoms with Crippen molar-refractivity contribution in [3.63, 3.8) is 0 Å². The Kier molecular flexibility index (Phi) is 4.15. The van der Waals surface area contributed by atoms with E-state index in [4.69, 9.17) is 0 Å². The number of aryl methyl sites for hydroxylation is 3. The van der Waals surface area contributed by atoms with Gasteiger partial charge in [-0.05, 0) is 37.1 Å². The molecule has 1 N–H and O–H groups in total. The van der Waals surface area contributed by atoms with Gasteiger partial charge in [0.25, 0.3) is 10.0 Å². The van der Waals surface area contributed by atoms with Gasteiger partial charge in [-0.3, -0.25) is 9.40 Å². The fourth-order valence-electron chi connectivity index (χ4n) is 2.54. The number of rotatable bonds is 4. The molecule has 0 saturated heterocycles. The Morgan fingerprint density at radius 3 is 2.38 bits per heavy atom. The summed E-state index contributed by atoms with van der Waals surface area (Å²) >= 11 is 0. The predicted molar refractivity (Wildman–Crippen MR) is 95.4 cm³/mol. The van der Waals surface area contributed by atoms with E-state index in [0.717, 1.165) is 22.4 Å². The first-order valence-corrected chi connectivity index (χ1v) is 9.04. The van der Waals surface area contributed by atoms with Crippen LogP contribution in [0.5, 0.6) is 0 Å². The summed E-state index contributed by atoms with van der Waals surface area (Å²) in [6.45, 7) is 3.85. The van der Waals surface area contributed by atoms with E-state index >= 15 is 0 Å². The minimum Gasteiger partial charge on any atom is -0.276 e. The van der Waals surface area contributed by atoms with E-state index in [1.807, 2.05) is 50.2 Å². The van der Waals surface area contributed by atoms with Crippen molar-refractivity contribution in [1.82, 2.24) is 9.78 Å². The highest BCUT2D eigenvalue weighted by molar-refractivity contribution is 7.92. The highest BCUT2D eigenvalue weighted by atomic mass is 32.2. The quantitative estimate of drug-likeness (QED) is 0.790. The van der Waals surface area contributed by atoms with E-state index in [9.17, 15) is 8.42 Å². The average Bonchev–Trinajstić information content (AvgIpc) is 2.90. The Bertz CT molecular complexity index is 977. The lowest BCUT2D eigenvalue weighted by Gasteiger charge is -2.11. The Morgan fingerprint density at radius 1 is 1.00 bits per heavy atom. The van der Waals surface area contributed by atoms with Crippen molar-refractivity contribution in [2.45, 2.75) is 18.7 Å². The summed E-state index contributed by atoms with van der Waals surface area (Å²) < 4.78 is 29.7. The molecular weight excluding hydrogens is 322 g/mol. The van der Waals surface area contributed by atoms with Crippen LogP contribution in [0.25, 0.3) is 11.3 Å². The molecule has 0 fully saturated rings. The van der Waals surface area contributed by atoms with Crippen molar-refractivity contribution < 1.29 is 8.42 Å². The third-order valence-corrected chi connectivity index (χ3v) is 5.38. The summed E-state index contributed by atoms with van der Waals surface area (Å²) in [5, 5.41) is 4.19. The van der Waals surface area contributed by atoms with Crippen LogP contribution in [0, 0.1) is 13.8 Å². The van der Waals surface area contributed by atoms with Crippen LogP contribution >= 0.6 is 0 Å². The normalized spacial score (nSPS) is 11.5. The van der Waals surface area contributed by atoms with E-state index in [1.165, 1.54) is 6.20 Å². The molecule has 1 heterocycles. The van der Waals surface area contributed by atoms with Gasteiger partial charge in [-0.25, -0.2) is 8.42 Å². The van der Waals surface area contributed by atoms with Crippen LogP contribution in [-0.2, 0) is 17.1 Å². The van der Waals surface area contributed by atoms with E-state index < -0.39 is 10.0 Å². The monoisotopic (exact) mass is 341 g/mol. The molecule has 0 aliphatic rings. The number of hydrogen-bond acceptors (Lipinski definition) is 3. The standard InChI is InChI=1S/C18H19N3O2S/c1-13-9-10-16(11-14(13)2)24(22,23)20-17-12-19-21(3)18(17)15-7-5-4-6-8-15/h4-12,20H,1-3H3. The summed E-state index contributed by atoms with van der Waals surface area (Å²) in [5.41, 5.74) is 4.08. The molecule has 2 aromatic carbocycles. The van der Waals surface area contributed by atoms with Gasteiger partial charge in [-0.2, -0.15) is 5.10 Å². The summed E-state index contributed by atoms with van der Waals surface area (Å²) in [6.07, 6.45) is 1.53. The highest BCUT2D eigenvalue weighted by Crippen LogP contribution is 2.29. The van der Waals surface area contributed by atoms with Gasteiger partial charge in [0.05, 0.1) is 22.5 Å². The van der Waals surface area contributed by atoms with Gasteiger partial charge in [0.15, 0.2) is 0 Å². The zero-order chi connectivity index (χ0) is 17.3. The molecule has 0 bridgehead atoms. The molecule has 5 nitrogen and oxygen atoms in total. The molecule has 0 radical (unpaired) electrons. The van der Waals surface area contributed by atoms with Crippen LogP contribution in [0.3, 0.4) is 0 Å². The molecule has 0 spiro atoms. The molecule has 0 aliphatic heterocycles. The van der Waals surface area contributed by atoms with Gasteiger partial charge < -0.3 is 0 Å². The number of hydrogen-bond donors (Lipinski definition) is 1. The average molecular weight is 341 g/mol. The molecule has 3 aromatic rings. The molecule has 24 heavy (non-hydrogen) atoms. The molecule has 3 rings (SSSR count). The van der Waals surface area contributed by atoms with Crippen LogP contribution in [-0.4, -0.2) is 18.2 Å². The first-order valence-electron chi connectivity index (χ1n) is 7.56. The van der Waals surface area contributed by atoms with Gasteiger partial charge in [0, 0.05) is 12.6 Å². The number of sulfonamides is 1. The Labute approximate surface area is 142 Å². The van der Waals surface area contributed by atoms with Gasteiger partial charge in [0.1, 0.15) is 0 Å². The summed E-state index contributed by atoms with van der Waals surface area (Å²) in [4.78, 5) is 0.244. The van der Waals surface area contributed by atoms with Crippen LogP contribution in [0.2, 0.25) is 0 Å². The zero-order valence-corrected chi connectivity index (χ0v) is 14.6. The molecule has 0 unspecified atom stereocenters. The van der Waals surface area contributed by atoms with Crippen molar-refractivity contribution in [2.24, 2.45) is 7.05 Å². The fourth-order valence-corrected chi connectivity index (χ4v) is 3.67. The van der Waals surface area contributed by atoms with E-state index in [-0.39, 0.29) is 4.90 Å². The largest absolute Gasteiger partial charge is 0.276 e. The minimum absolute atomic E-state index is 0.244. The smallest absolute Gasteiger partial charge is 0.262 e. The van der Waals surface area contributed by atoms with E-state index in [2.05, 4.69) is 9.82 Å².